The Morgan fingerprint density at radius 2 is 1.89 bits per heavy atom. The van der Waals surface area contributed by atoms with Crippen LogP contribution in [0.3, 0.4) is 0 Å². The monoisotopic (exact) mass is 379 g/mol. The first-order valence-corrected chi connectivity index (χ1v) is 10.00. The summed E-state index contributed by atoms with van der Waals surface area (Å²) in [5.74, 6) is 0.0494. The number of hydrogen-bond acceptors (Lipinski definition) is 2. The van der Waals surface area contributed by atoms with Gasteiger partial charge in [-0.15, -0.1) is 0 Å². The van der Waals surface area contributed by atoms with Gasteiger partial charge in [0, 0.05) is 30.9 Å². The molecule has 0 aromatic heterocycles. The van der Waals surface area contributed by atoms with Gasteiger partial charge in [-0.1, -0.05) is 37.6 Å². The number of urea groups is 1. The average Bonchev–Trinajstić information content (AvgIpc) is 3.05. The number of para-hydroxylation sites is 1. The molecule has 5 nitrogen and oxygen atoms in total. The largest absolute Gasteiger partial charge is 0.333 e. The average molecular weight is 380 g/mol. The Kier molecular flexibility index (Phi) is 6.34. The highest BCUT2D eigenvalue weighted by Gasteiger charge is 2.32. The highest BCUT2D eigenvalue weighted by Crippen LogP contribution is 2.24. The molecule has 5 heteroatoms. The Bertz CT molecular complexity index is 835. The molecule has 1 aliphatic rings. The first kappa shape index (κ1) is 19.9. The van der Waals surface area contributed by atoms with Crippen molar-refractivity contribution in [2.24, 2.45) is 0 Å². The van der Waals surface area contributed by atoms with Gasteiger partial charge in [-0.3, -0.25) is 9.69 Å². The fourth-order valence-corrected chi connectivity index (χ4v) is 3.47. The van der Waals surface area contributed by atoms with E-state index >= 15 is 0 Å². The van der Waals surface area contributed by atoms with E-state index in [-0.39, 0.29) is 18.0 Å². The van der Waals surface area contributed by atoms with Gasteiger partial charge < -0.3 is 10.2 Å². The molecule has 1 saturated heterocycles. The zero-order chi connectivity index (χ0) is 20.1. The molecule has 28 heavy (non-hydrogen) atoms. The molecule has 1 atom stereocenters. The van der Waals surface area contributed by atoms with Gasteiger partial charge in [0.25, 0.3) is 0 Å². The molecule has 0 saturated carbocycles. The van der Waals surface area contributed by atoms with E-state index in [9.17, 15) is 9.59 Å². The molecule has 0 bridgehead atoms. The maximum atomic E-state index is 12.9. The summed E-state index contributed by atoms with van der Waals surface area (Å²) in [5, 5.41) is 3.07. The number of anilines is 2. The lowest BCUT2D eigenvalue weighted by molar-refractivity contribution is -0.117. The lowest BCUT2D eigenvalue weighted by Gasteiger charge is -2.25. The van der Waals surface area contributed by atoms with Gasteiger partial charge in [-0.05, 0) is 55.7 Å². The molecule has 2 aromatic rings. The third kappa shape index (κ3) is 4.53. The van der Waals surface area contributed by atoms with Crippen molar-refractivity contribution in [2.45, 2.75) is 46.1 Å². The third-order valence-electron chi connectivity index (χ3n) is 5.30. The fraction of sp³-hybridized carbons (Fsp3) is 0.391. The molecule has 0 spiro atoms. The number of amides is 3. The summed E-state index contributed by atoms with van der Waals surface area (Å²) in [6.45, 7) is 7.38. The summed E-state index contributed by atoms with van der Waals surface area (Å²) in [6.07, 6.45) is 2.27. The summed E-state index contributed by atoms with van der Waals surface area (Å²) in [6, 6.07) is 15.4. The number of carbonyl (C=O) groups is 2. The maximum absolute atomic E-state index is 12.9. The molecule has 0 radical (unpaired) electrons. The summed E-state index contributed by atoms with van der Waals surface area (Å²) in [5.41, 5.74) is 4.14. The summed E-state index contributed by atoms with van der Waals surface area (Å²) in [7, 11) is 0. The van der Waals surface area contributed by atoms with Crippen LogP contribution in [0.15, 0.2) is 48.5 Å². The van der Waals surface area contributed by atoms with Gasteiger partial charge in [0.1, 0.15) is 0 Å². The van der Waals surface area contributed by atoms with Crippen molar-refractivity contribution in [3.63, 3.8) is 0 Å². The Hall–Kier alpha value is -2.82. The molecular weight excluding hydrogens is 350 g/mol. The van der Waals surface area contributed by atoms with E-state index in [1.54, 1.807) is 9.80 Å². The number of rotatable bonds is 6. The molecule has 1 aliphatic heterocycles. The van der Waals surface area contributed by atoms with Gasteiger partial charge in [-0.25, -0.2) is 4.79 Å². The van der Waals surface area contributed by atoms with Crippen LogP contribution >= 0.6 is 0 Å². The fourth-order valence-electron chi connectivity index (χ4n) is 3.47. The van der Waals surface area contributed by atoms with Crippen LogP contribution < -0.4 is 15.1 Å². The molecule has 1 fully saturated rings. The van der Waals surface area contributed by atoms with Crippen LogP contribution in [-0.4, -0.2) is 31.1 Å². The number of carbonyl (C=O) groups excluding carboxylic acids is 2. The zero-order valence-electron chi connectivity index (χ0n) is 16.9. The molecular formula is C23H29N3O2. The topological polar surface area (TPSA) is 52.7 Å². The smallest absolute Gasteiger partial charge is 0.322 e. The minimum Gasteiger partial charge on any atom is -0.333 e. The van der Waals surface area contributed by atoms with Crippen molar-refractivity contribution in [3.8, 4) is 0 Å². The molecule has 2 aromatic carbocycles. The van der Waals surface area contributed by atoms with Crippen LogP contribution in [0.4, 0.5) is 16.2 Å². The van der Waals surface area contributed by atoms with E-state index in [0.29, 0.717) is 19.5 Å². The molecule has 148 valence electrons. The van der Waals surface area contributed by atoms with E-state index in [1.165, 1.54) is 5.56 Å². The highest BCUT2D eigenvalue weighted by atomic mass is 16.2. The van der Waals surface area contributed by atoms with Crippen molar-refractivity contribution in [1.82, 2.24) is 5.32 Å². The zero-order valence-corrected chi connectivity index (χ0v) is 16.9. The van der Waals surface area contributed by atoms with Crippen molar-refractivity contribution in [2.75, 3.05) is 22.9 Å². The Labute approximate surface area is 167 Å². The Morgan fingerprint density at radius 1 is 1.14 bits per heavy atom. The van der Waals surface area contributed by atoms with Crippen LogP contribution in [-0.2, 0) is 4.79 Å². The van der Waals surface area contributed by atoms with Gasteiger partial charge in [0.15, 0.2) is 0 Å². The van der Waals surface area contributed by atoms with E-state index in [0.717, 1.165) is 29.8 Å². The minimum absolute atomic E-state index is 0.0494. The van der Waals surface area contributed by atoms with Crippen molar-refractivity contribution < 1.29 is 9.59 Å². The number of hydrogen-bond donors (Lipinski definition) is 1. The van der Waals surface area contributed by atoms with Crippen LogP contribution in [0.1, 0.15) is 37.3 Å². The van der Waals surface area contributed by atoms with Crippen LogP contribution in [0.25, 0.3) is 0 Å². The lowest BCUT2D eigenvalue weighted by Crippen LogP contribution is -2.46. The first-order chi connectivity index (χ1) is 13.5. The predicted octanol–water partition coefficient (Wildman–Crippen LogP) is 4.43. The molecule has 3 rings (SSSR count). The van der Waals surface area contributed by atoms with Crippen molar-refractivity contribution in [1.29, 1.82) is 0 Å². The lowest BCUT2D eigenvalue weighted by atomic mass is 10.1. The van der Waals surface area contributed by atoms with Crippen LogP contribution in [0.2, 0.25) is 0 Å². The second-order valence-corrected chi connectivity index (χ2v) is 7.46. The summed E-state index contributed by atoms with van der Waals surface area (Å²) >= 11 is 0. The molecule has 1 heterocycles. The van der Waals surface area contributed by atoms with Crippen molar-refractivity contribution >= 4 is 23.3 Å². The predicted molar refractivity (Wildman–Crippen MR) is 114 cm³/mol. The number of nitrogens with one attached hydrogen (secondary N) is 1. The maximum Gasteiger partial charge on any atom is 0.322 e. The minimum atomic E-state index is -0.186. The number of unbranched alkanes of at least 4 members (excludes halogenated alkanes) is 1. The molecule has 3 amide bonds. The molecule has 0 aliphatic carbocycles. The summed E-state index contributed by atoms with van der Waals surface area (Å²) in [4.78, 5) is 29.0. The summed E-state index contributed by atoms with van der Waals surface area (Å²) < 4.78 is 0. The van der Waals surface area contributed by atoms with E-state index < -0.39 is 0 Å². The van der Waals surface area contributed by atoms with E-state index in [4.69, 9.17) is 0 Å². The third-order valence-corrected chi connectivity index (χ3v) is 5.30. The van der Waals surface area contributed by atoms with E-state index in [1.807, 2.05) is 55.5 Å². The van der Waals surface area contributed by atoms with Gasteiger partial charge in [0.05, 0.1) is 6.04 Å². The quantitative estimate of drug-likeness (QED) is 0.807. The number of benzene rings is 2. The van der Waals surface area contributed by atoms with Crippen LogP contribution in [0.5, 0.6) is 0 Å². The van der Waals surface area contributed by atoms with Gasteiger partial charge in [-0.2, -0.15) is 0 Å². The molecule has 1 N–H and O–H groups in total. The second-order valence-electron chi connectivity index (χ2n) is 7.46. The second kappa shape index (κ2) is 8.91. The van der Waals surface area contributed by atoms with Gasteiger partial charge >= 0.3 is 6.03 Å². The normalized spacial score (nSPS) is 16.3. The highest BCUT2D eigenvalue weighted by molar-refractivity contribution is 5.98. The Morgan fingerprint density at radius 3 is 2.57 bits per heavy atom. The van der Waals surface area contributed by atoms with Gasteiger partial charge in [0.2, 0.25) is 5.91 Å². The SMILES string of the molecule is CCCCN(C(=O)N[C@@H]1CC(=O)N(c2ccc(C)c(C)c2)C1)c1ccccc1. The number of aryl methyl sites for hydroxylation is 2. The Balaban J connectivity index is 1.69. The van der Waals surface area contributed by atoms with Crippen LogP contribution in [0, 0.1) is 13.8 Å². The first-order valence-electron chi connectivity index (χ1n) is 10.00. The van der Waals surface area contributed by atoms with Crippen molar-refractivity contribution in [3.05, 3.63) is 59.7 Å². The number of nitrogens with zero attached hydrogens (tertiary/aromatic N) is 2. The standard InChI is InChI=1S/C23H29N3O2/c1-4-5-13-25(20-9-7-6-8-10-20)23(28)24-19-15-22(27)26(16-19)21-12-11-17(2)18(3)14-21/h6-12,14,19H,4-5,13,15-16H2,1-3H3,(H,24,28)/t19-/m1/s1. The van der Waals surface area contributed by atoms with E-state index in [2.05, 4.69) is 19.2 Å². The molecule has 0 unspecified atom stereocenters.